The fourth-order valence-electron chi connectivity index (χ4n) is 1.69. The summed E-state index contributed by atoms with van der Waals surface area (Å²) in [5.74, 6) is 1.73. The third-order valence-corrected chi connectivity index (χ3v) is 2.49. The molecule has 1 unspecified atom stereocenters. The highest BCUT2D eigenvalue weighted by Gasteiger charge is 2.17. The normalized spacial score (nSPS) is 23.2. The highest BCUT2D eigenvalue weighted by molar-refractivity contribution is 5.06. The summed E-state index contributed by atoms with van der Waals surface area (Å²) in [6.07, 6.45) is 3.87. The summed E-state index contributed by atoms with van der Waals surface area (Å²) in [6.45, 7) is 4.26. The van der Waals surface area contributed by atoms with Gasteiger partial charge in [0.1, 0.15) is 5.76 Å². The monoisotopic (exact) mass is 166 g/mol. The van der Waals surface area contributed by atoms with Crippen molar-refractivity contribution in [2.24, 2.45) is 5.92 Å². The fraction of sp³-hybridized carbons (Fsp3) is 0.667. The van der Waals surface area contributed by atoms with Gasteiger partial charge >= 0.3 is 0 Å². The van der Waals surface area contributed by atoms with Gasteiger partial charge in [-0.1, -0.05) is 0 Å². The quantitative estimate of drug-likeness (QED) is 0.715. The van der Waals surface area contributed by atoms with Crippen molar-refractivity contribution in [3.8, 4) is 0 Å². The van der Waals surface area contributed by atoms with Crippen LogP contribution in [0.4, 0.5) is 0 Å². The van der Waals surface area contributed by atoms with E-state index in [1.54, 1.807) is 0 Å². The smallest absolute Gasteiger partial charge is 0.181 e. The lowest BCUT2D eigenvalue weighted by molar-refractivity contribution is 0.516. The molecule has 1 N–H and O–H groups in total. The molecule has 3 heteroatoms. The minimum absolute atomic E-state index is 0.758. The average molecular weight is 166 g/mol. The number of nitrogens with zero attached hydrogens (tertiary/aromatic N) is 1. The second-order valence-electron chi connectivity index (χ2n) is 3.42. The number of rotatable bonds is 2. The van der Waals surface area contributed by atoms with E-state index in [4.69, 9.17) is 4.42 Å². The van der Waals surface area contributed by atoms with Crippen LogP contribution in [0.2, 0.25) is 0 Å². The summed E-state index contributed by atoms with van der Waals surface area (Å²) in [6, 6.07) is 0. The van der Waals surface area contributed by atoms with Crippen molar-refractivity contribution in [2.75, 3.05) is 13.1 Å². The lowest BCUT2D eigenvalue weighted by atomic mass is 10.0. The first kappa shape index (κ1) is 7.80. The summed E-state index contributed by atoms with van der Waals surface area (Å²) >= 11 is 0. The molecule has 1 aliphatic heterocycles. The van der Waals surface area contributed by atoms with Gasteiger partial charge in [-0.3, -0.25) is 0 Å². The Morgan fingerprint density at radius 1 is 1.75 bits per heavy atom. The molecule has 0 spiro atoms. The molecule has 1 aromatic heterocycles. The van der Waals surface area contributed by atoms with Gasteiger partial charge < -0.3 is 9.73 Å². The van der Waals surface area contributed by atoms with Crippen LogP contribution < -0.4 is 5.32 Å². The van der Waals surface area contributed by atoms with E-state index in [0.29, 0.717) is 0 Å². The molecule has 0 bridgehead atoms. The molecule has 3 nitrogen and oxygen atoms in total. The summed E-state index contributed by atoms with van der Waals surface area (Å²) in [5.41, 5.74) is 1.13. The van der Waals surface area contributed by atoms with Crippen LogP contribution >= 0.6 is 0 Å². The Kier molecular flexibility index (Phi) is 2.13. The van der Waals surface area contributed by atoms with Gasteiger partial charge in [-0.05, 0) is 38.8 Å². The Morgan fingerprint density at radius 3 is 3.25 bits per heavy atom. The van der Waals surface area contributed by atoms with Crippen LogP contribution in [0.5, 0.6) is 0 Å². The molecule has 2 rings (SSSR count). The highest BCUT2D eigenvalue weighted by atomic mass is 16.3. The predicted molar refractivity (Wildman–Crippen MR) is 45.9 cm³/mol. The molecule has 0 aromatic carbocycles. The van der Waals surface area contributed by atoms with E-state index in [0.717, 1.165) is 36.9 Å². The maximum Gasteiger partial charge on any atom is 0.181 e. The van der Waals surface area contributed by atoms with Crippen molar-refractivity contribution < 1.29 is 4.42 Å². The van der Waals surface area contributed by atoms with Crippen molar-refractivity contribution in [1.82, 2.24) is 10.3 Å². The second kappa shape index (κ2) is 3.27. The maximum atomic E-state index is 5.14. The Bertz CT molecular complexity index is 251. The molecule has 1 saturated heterocycles. The lowest BCUT2D eigenvalue weighted by Gasteiger charge is -2.04. The Morgan fingerprint density at radius 2 is 2.67 bits per heavy atom. The molecule has 0 amide bonds. The molecule has 0 aliphatic carbocycles. The minimum atomic E-state index is 0.758. The largest absolute Gasteiger partial charge is 0.449 e. The van der Waals surface area contributed by atoms with E-state index < -0.39 is 0 Å². The number of aromatic nitrogens is 1. The van der Waals surface area contributed by atoms with Crippen LogP contribution in [0, 0.1) is 12.8 Å². The Balaban J connectivity index is 1.98. The van der Waals surface area contributed by atoms with E-state index in [2.05, 4.69) is 10.3 Å². The molecule has 1 aromatic rings. The van der Waals surface area contributed by atoms with Crippen molar-refractivity contribution in [3.63, 3.8) is 0 Å². The van der Waals surface area contributed by atoms with Crippen LogP contribution in [0.1, 0.15) is 17.9 Å². The van der Waals surface area contributed by atoms with Crippen LogP contribution in [0.15, 0.2) is 10.8 Å². The summed E-state index contributed by atoms with van der Waals surface area (Å²) in [4.78, 5) is 4.18. The van der Waals surface area contributed by atoms with Gasteiger partial charge in [0, 0.05) is 0 Å². The summed E-state index contributed by atoms with van der Waals surface area (Å²) in [5, 5.41) is 3.35. The maximum absolute atomic E-state index is 5.14. The zero-order valence-electron chi connectivity index (χ0n) is 7.34. The molecule has 12 heavy (non-hydrogen) atoms. The molecular weight excluding hydrogens is 152 g/mol. The van der Waals surface area contributed by atoms with Gasteiger partial charge in [-0.25, -0.2) is 4.98 Å². The van der Waals surface area contributed by atoms with E-state index in [1.165, 1.54) is 12.8 Å². The third-order valence-electron chi connectivity index (χ3n) is 2.49. The van der Waals surface area contributed by atoms with Gasteiger partial charge in [0.25, 0.3) is 0 Å². The van der Waals surface area contributed by atoms with Crippen molar-refractivity contribution in [3.05, 3.63) is 17.8 Å². The molecule has 1 atom stereocenters. The number of oxazole rings is 1. The zero-order valence-corrected chi connectivity index (χ0v) is 7.34. The topological polar surface area (TPSA) is 38.1 Å². The minimum Gasteiger partial charge on any atom is -0.449 e. The molecule has 1 aliphatic rings. The Hall–Kier alpha value is -0.830. The van der Waals surface area contributed by atoms with Crippen LogP contribution in [-0.4, -0.2) is 18.1 Å². The van der Waals surface area contributed by atoms with Gasteiger partial charge in [0.15, 0.2) is 6.39 Å². The summed E-state index contributed by atoms with van der Waals surface area (Å²) < 4.78 is 5.14. The van der Waals surface area contributed by atoms with E-state index in [1.807, 2.05) is 6.92 Å². The fourth-order valence-corrected chi connectivity index (χ4v) is 1.69. The number of hydrogen-bond donors (Lipinski definition) is 1. The predicted octanol–water partition coefficient (Wildman–Crippen LogP) is 1.14. The standard InChI is InChI=1S/C9H14N2O/c1-7-9(11-6-12-7)4-8-2-3-10-5-8/h6,8,10H,2-5H2,1H3. The molecule has 2 heterocycles. The SMILES string of the molecule is Cc1ocnc1CC1CCNC1. The molecule has 66 valence electrons. The van der Waals surface area contributed by atoms with E-state index in [-0.39, 0.29) is 0 Å². The molecule has 1 fully saturated rings. The molecular formula is C9H14N2O. The first-order chi connectivity index (χ1) is 5.86. The highest BCUT2D eigenvalue weighted by Crippen LogP contribution is 2.16. The average Bonchev–Trinajstić information content (AvgIpc) is 2.65. The number of hydrogen-bond acceptors (Lipinski definition) is 3. The van der Waals surface area contributed by atoms with Gasteiger partial charge in [-0.15, -0.1) is 0 Å². The zero-order chi connectivity index (χ0) is 8.39. The van der Waals surface area contributed by atoms with Crippen molar-refractivity contribution in [1.29, 1.82) is 0 Å². The van der Waals surface area contributed by atoms with Crippen LogP contribution in [0.3, 0.4) is 0 Å². The first-order valence-electron chi connectivity index (χ1n) is 4.46. The third kappa shape index (κ3) is 1.50. The molecule has 0 radical (unpaired) electrons. The van der Waals surface area contributed by atoms with Crippen LogP contribution in [0.25, 0.3) is 0 Å². The van der Waals surface area contributed by atoms with Crippen LogP contribution in [-0.2, 0) is 6.42 Å². The molecule has 0 saturated carbocycles. The van der Waals surface area contributed by atoms with E-state index >= 15 is 0 Å². The second-order valence-corrected chi connectivity index (χ2v) is 3.42. The van der Waals surface area contributed by atoms with Gasteiger partial charge in [0.05, 0.1) is 5.69 Å². The van der Waals surface area contributed by atoms with Crippen molar-refractivity contribution >= 4 is 0 Å². The van der Waals surface area contributed by atoms with Crippen molar-refractivity contribution in [2.45, 2.75) is 19.8 Å². The number of nitrogens with one attached hydrogen (secondary N) is 1. The first-order valence-corrected chi connectivity index (χ1v) is 4.46. The Labute approximate surface area is 72.2 Å². The summed E-state index contributed by atoms with van der Waals surface area (Å²) in [7, 11) is 0. The van der Waals surface area contributed by atoms with Gasteiger partial charge in [0.2, 0.25) is 0 Å². The van der Waals surface area contributed by atoms with Gasteiger partial charge in [-0.2, -0.15) is 0 Å². The lowest BCUT2D eigenvalue weighted by Crippen LogP contribution is -2.11. The number of aryl methyl sites for hydroxylation is 1. The van der Waals surface area contributed by atoms with E-state index in [9.17, 15) is 0 Å².